The molecule has 3 rings (SSSR count). The van der Waals surface area contributed by atoms with Crippen LogP contribution in [0.1, 0.15) is 52.9 Å². The SMILES string of the molecule is CC(C)(C)C1CCC2(CC1)N=C(C1=CC=CC(C(F)(F)F)C1)C(=O)N2. The van der Waals surface area contributed by atoms with Crippen LogP contribution in [0.5, 0.6) is 0 Å². The zero-order valence-electron chi connectivity index (χ0n) is 14.9. The normalized spacial score (nSPS) is 33.3. The highest BCUT2D eigenvalue weighted by atomic mass is 19.4. The summed E-state index contributed by atoms with van der Waals surface area (Å²) in [6, 6.07) is 0. The van der Waals surface area contributed by atoms with E-state index in [4.69, 9.17) is 0 Å². The van der Waals surface area contributed by atoms with Gasteiger partial charge >= 0.3 is 6.18 Å². The second-order valence-corrected chi connectivity index (χ2v) is 8.52. The first-order valence-corrected chi connectivity index (χ1v) is 8.87. The van der Waals surface area contributed by atoms with Crippen molar-refractivity contribution >= 4 is 11.6 Å². The third kappa shape index (κ3) is 3.67. The van der Waals surface area contributed by atoms with Crippen molar-refractivity contribution in [2.75, 3.05) is 0 Å². The van der Waals surface area contributed by atoms with Gasteiger partial charge in [-0.2, -0.15) is 13.2 Å². The van der Waals surface area contributed by atoms with E-state index in [2.05, 4.69) is 31.1 Å². The van der Waals surface area contributed by atoms with E-state index in [1.165, 1.54) is 6.08 Å². The third-order valence-corrected chi connectivity index (χ3v) is 5.73. The number of carbonyl (C=O) groups is 1. The molecule has 0 aromatic rings. The average molecular weight is 354 g/mol. The van der Waals surface area contributed by atoms with Gasteiger partial charge in [-0.25, -0.2) is 0 Å². The van der Waals surface area contributed by atoms with Gasteiger partial charge in [-0.1, -0.05) is 39.0 Å². The van der Waals surface area contributed by atoms with Crippen molar-refractivity contribution in [1.82, 2.24) is 5.32 Å². The van der Waals surface area contributed by atoms with Crippen LogP contribution in [0.3, 0.4) is 0 Å². The molecule has 138 valence electrons. The van der Waals surface area contributed by atoms with Gasteiger partial charge in [-0.05, 0) is 49.0 Å². The van der Waals surface area contributed by atoms with Crippen molar-refractivity contribution in [3.8, 4) is 0 Å². The molecule has 2 aliphatic carbocycles. The highest BCUT2D eigenvalue weighted by Gasteiger charge is 2.46. The van der Waals surface area contributed by atoms with Crippen LogP contribution in [0.15, 0.2) is 28.8 Å². The molecule has 0 bridgehead atoms. The molecule has 1 N–H and O–H groups in total. The molecule has 1 atom stereocenters. The molecule has 3 nitrogen and oxygen atoms in total. The fourth-order valence-corrected chi connectivity index (χ4v) is 4.06. The molecule has 0 aromatic carbocycles. The highest BCUT2D eigenvalue weighted by Crippen LogP contribution is 2.44. The monoisotopic (exact) mass is 354 g/mol. The molecule has 0 aromatic heterocycles. The number of hydrogen-bond donors (Lipinski definition) is 1. The Labute approximate surface area is 146 Å². The number of halogens is 3. The van der Waals surface area contributed by atoms with Gasteiger partial charge in [-0.3, -0.25) is 9.79 Å². The van der Waals surface area contributed by atoms with E-state index < -0.39 is 17.8 Å². The molecule has 1 heterocycles. The molecule has 1 fully saturated rings. The summed E-state index contributed by atoms with van der Waals surface area (Å²) in [5, 5.41) is 2.95. The average Bonchev–Trinajstić information content (AvgIpc) is 2.82. The smallest absolute Gasteiger partial charge is 0.326 e. The Balaban J connectivity index is 1.76. The number of rotatable bonds is 1. The molecule has 6 heteroatoms. The highest BCUT2D eigenvalue weighted by molar-refractivity contribution is 6.46. The van der Waals surface area contributed by atoms with Crippen LogP contribution in [0.4, 0.5) is 13.2 Å². The van der Waals surface area contributed by atoms with Crippen LogP contribution >= 0.6 is 0 Å². The molecule has 1 saturated carbocycles. The molecule has 0 radical (unpaired) electrons. The summed E-state index contributed by atoms with van der Waals surface area (Å²) in [7, 11) is 0. The summed E-state index contributed by atoms with van der Waals surface area (Å²) < 4.78 is 38.9. The maximum atomic E-state index is 13.0. The number of nitrogens with zero attached hydrogens (tertiary/aromatic N) is 1. The van der Waals surface area contributed by atoms with Gasteiger partial charge in [-0.15, -0.1) is 0 Å². The largest absolute Gasteiger partial charge is 0.395 e. The van der Waals surface area contributed by atoms with Crippen molar-refractivity contribution in [1.29, 1.82) is 0 Å². The second-order valence-electron chi connectivity index (χ2n) is 8.52. The number of nitrogens with one attached hydrogen (secondary N) is 1. The van der Waals surface area contributed by atoms with Gasteiger partial charge in [0.25, 0.3) is 5.91 Å². The van der Waals surface area contributed by atoms with Crippen molar-refractivity contribution in [3.05, 3.63) is 23.8 Å². The number of aliphatic imine (C=N–C) groups is 1. The van der Waals surface area contributed by atoms with Crippen molar-refractivity contribution in [3.63, 3.8) is 0 Å². The lowest BCUT2D eigenvalue weighted by Gasteiger charge is -2.40. The first kappa shape index (κ1) is 18.2. The van der Waals surface area contributed by atoms with Gasteiger partial charge in [0.2, 0.25) is 0 Å². The van der Waals surface area contributed by atoms with Gasteiger partial charge in [0, 0.05) is 0 Å². The third-order valence-electron chi connectivity index (χ3n) is 5.73. The van der Waals surface area contributed by atoms with E-state index in [0.29, 0.717) is 11.5 Å². The summed E-state index contributed by atoms with van der Waals surface area (Å²) in [6.45, 7) is 6.65. The van der Waals surface area contributed by atoms with Gasteiger partial charge in [0.1, 0.15) is 11.4 Å². The minimum absolute atomic E-state index is 0.188. The van der Waals surface area contributed by atoms with Gasteiger partial charge < -0.3 is 5.32 Å². The molecular formula is C19H25F3N2O. The molecule has 1 amide bonds. The van der Waals surface area contributed by atoms with Gasteiger partial charge in [0.15, 0.2) is 0 Å². The number of alkyl halides is 3. The van der Waals surface area contributed by atoms with Crippen molar-refractivity contribution in [2.24, 2.45) is 22.2 Å². The molecule has 1 aliphatic heterocycles. The number of allylic oxidation sites excluding steroid dienone is 3. The predicted molar refractivity (Wildman–Crippen MR) is 91.1 cm³/mol. The second kappa shape index (κ2) is 5.99. The Bertz CT molecular complexity index is 645. The fourth-order valence-electron chi connectivity index (χ4n) is 4.06. The Morgan fingerprint density at radius 3 is 2.40 bits per heavy atom. The maximum Gasteiger partial charge on any atom is 0.395 e. The Hall–Kier alpha value is -1.59. The first-order valence-electron chi connectivity index (χ1n) is 8.87. The Morgan fingerprint density at radius 1 is 1.20 bits per heavy atom. The van der Waals surface area contributed by atoms with Crippen LogP contribution in [-0.2, 0) is 4.79 Å². The van der Waals surface area contributed by atoms with Crippen LogP contribution in [0, 0.1) is 17.3 Å². The van der Waals surface area contributed by atoms with E-state index in [-0.39, 0.29) is 23.5 Å². The lowest BCUT2D eigenvalue weighted by atomic mass is 9.70. The first-order chi connectivity index (χ1) is 11.5. The number of amides is 1. The van der Waals surface area contributed by atoms with E-state index in [1.54, 1.807) is 6.08 Å². The van der Waals surface area contributed by atoms with Crippen LogP contribution in [0.2, 0.25) is 0 Å². The number of carbonyl (C=O) groups excluding carboxylic acids is 1. The zero-order chi connectivity index (χ0) is 18.5. The zero-order valence-corrected chi connectivity index (χ0v) is 14.9. The molecular weight excluding hydrogens is 329 g/mol. The quantitative estimate of drug-likeness (QED) is 0.737. The summed E-state index contributed by atoms with van der Waals surface area (Å²) in [5.74, 6) is -1.31. The standard InChI is InChI=1S/C19H25F3N2O/c1-17(2,3)13-7-9-18(10-8-13)23-15(16(25)24-18)12-5-4-6-14(11-12)19(20,21)22/h4-6,13-14H,7-11H2,1-3H3,(H,24,25). The van der Waals surface area contributed by atoms with Crippen molar-refractivity contribution in [2.45, 2.75) is 64.7 Å². The maximum absolute atomic E-state index is 13.0. The Kier molecular flexibility index (Phi) is 4.36. The number of hydrogen-bond acceptors (Lipinski definition) is 2. The lowest BCUT2D eigenvalue weighted by Crippen LogP contribution is -2.46. The van der Waals surface area contributed by atoms with E-state index in [0.717, 1.165) is 31.8 Å². The predicted octanol–water partition coefficient (Wildman–Crippen LogP) is 4.55. The molecule has 1 spiro atoms. The van der Waals surface area contributed by atoms with Gasteiger partial charge in [0.05, 0.1) is 5.92 Å². The fraction of sp³-hybridized carbons (Fsp3) is 0.684. The van der Waals surface area contributed by atoms with E-state index in [9.17, 15) is 18.0 Å². The summed E-state index contributed by atoms with van der Waals surface area (Å²) in [5.41, 5.74) is 0.169. The lowest BCUT2D eigenvalue weighted by molar-refractivity contribution is -0.160. The van der Waals surface area contributed by atoms with Crippen molar-refractivity contribution < 1.29 is 18.0 Å². The summed E-state index contributed by atoms with van der Waals surface area (Å²) in [6.07, 6.45) is 3.01. The molecule has 0 saturated heterocycles. The van der Waals surface area contributed by atoms with Crippen LogP contribution in [0.25, 0.3) is 0 Å². The molecule has 25 heavy (non-hydrogen) atoms. The Morgan fingerprint density at radius 2 is 1.84 bits per heavy atom. The minimum Gasteiger partial charge on any atom is -0.326 e. The summed E-state index contributed by atoms with van der Waals surface area (Å²) in [4.78, 5) is 17.0. The van der Waals surface area contributed by atoms with E-state index in [1.807, 2.05) is 0 Å². The summed E-state index contributed by atoms with van der Waals surface area (Å²) >= 11 is 0. The van der Waals surface area contributed by atoms with Crippen LogP contribution < -0.4 is 5.32 Å². The minimum atomic E-state index is -4.30. The topological polar surface area (TPSA) is 41.5 Å². The molecule has 3 aliphatic rings. The molecule has 1 unspecified atom stereocenters. The van der Waals surface area contributed by atoms with Crippen LogP contribution in [-0.4, -0.2) is 23.5 Å². The van der Waals surface area contributed by atoms with E-state index >= 15 is 0 Å².